The number of allylic oxidation sites excluding steroid dienone is 8. The predicted octanol–water partition coefficient (Wildman–Crippen LogP) is 5.10. The van der Waals surface area contributed by atoms with Gasteiger partial charge < -0.3 is 67.1 Å². The van der Waals surface area contributed by atoms with Gasteiger partial charge in [0.05, 0.1) is 33.8 Å². The number of carbonyl (C=O) groups is 13. The monoisotopic (exact) mass is 1540 g/mol. The number of ketones is 2. The maximum absolute atomic E-state index is 14.3. The van der Waals surface area contributed by atoms with Crippen LogP contribution in [0.15, 0.2) is 124 Å². The van der Waals surface area contributed by atoms with Crippen molar-refractivity contribution < 1.29 is 114 Å². The lowest BCUT2D eigenvalue weighted by molar-refractivity contribution is -0.141. The van der Waals surface area contributed by atoms with Gasteiger partial charge in [-0.3, -0.25) is 71.9 Å². The Labute approximate surface area is 626 Å². The highest BCUT2D eigenvalue weighted by atomic mass is 32.2. The molecule has 0 unspecified atom stereocenters. The van der Waals surface area contributed by atoms with E-state index in [1.807, 2.05) is 44.7 Å². The average molecular weight is 1540 g/mol. The second-order valence-corrected chi connectivity index (χ2v) is 29.3. The molecule has 12 N–H and O–H groups in total. The molecule has 0 saturated heterocycles. The summed E-state index contributed by atoms with van der Waals surface area (Å²) < 4.78 is 63.2. The number of thiol groups is 1. The molecule has 0 bridgehead atoms. The maximum Gasteiger partial charge on any atom is 0.303 e. The topological polar surface area (TPSA) is 509 Å². The number of rotatable bonds is 47. The SMILES string of the molecule is CCOCCNC(=O)[C@H](Cc1ccc(C(C)=O)cc1)NC(=O)[C@@H](CCC(=O)O)NC(=O)[C@@H](CCC(=O)O)NC(=O)[C@@H](CCC(=O)O)CC(=O)[C@@H](CCC(=O)O)NC(=O)[C@@H](CCC(=O)O)NC(=O)CCCCCN1/C(=C/C=C/C=C/C=C/C2=Nc3ccc([SH](=O)=O)cc3C2(C)C)C(C)(C)c2cc(S(=O)(=O)O)ccc21. The number of carboxylic acid groups (broad SMARTS) is 5. The molecule has 0 aromatic heterocycles. The van der Waals surface area contributed by atoms with E-state index in [2.05, 4.69) is 31.9 Å². The quantitative estimate of drug-likeness (QED) is 0.0115. The Balaban J connectivity index is 1.29. The summed E-state index contributed by atoms with van der Waals surface area (Å²) in [7, 11) is -7.38. The third kappa shape index (κ3) is 27.3. The molecule has 0 radical (unpaired) electrons. The Kier molecular flexibility index (Phi) is 33.8. The highest BCUT2D eigenvalue weighted by molar-refractivity contribution is 7.85. The molecule has 0 fully saturated rings. The molecule has 586 valence electrons. The van der Waals surface area contributed by atoms with Gasteiger partial charge in [0.25, 0.3) is 10.1 Å². The number of unbranched alkanes of at least 4 members (excludes halogenated alkanes) is 2. The number of nitrogens with zero attached hydrogens (tertiary/aromatic N) is 2. The lowest BCUT2D eigenvalue weighted by Gasteiger charge is -2.27. The van der Waals surface area contributed by atoms with Crippen molar-refractivity contribution in [2.75, 3.05) is 31.2 Å². The number of nitrogens with one attached hydrogen (secondary N) is 6. The van der Waals surface area contributed by atoms with Crippen molar-refractivity contribution in [1.29, 1.82) is 0 Å². The van der Waals surface area contributed by atoms with E-state index in [9.17, 15) is 109 Å². The molecule has 2 aliphatic heterocycles. The number of benzene rings is 3. The summed E-state index contributed by atoms with van der Waals surface area (Å²) in [6.45, 7) is 11.4. The van der Waals surface area contributed by atoms with E-state index in [1.54, 1.807) is 55.5 Å². The first-order valence-corrected chi connectivity index (χ1v) is 37.5. The van der Waals surface area contributed by atoms with E-state index in [1.165, 1.54) is 49.4 Å². The number of fused-ring (bicyclic) bond motifs is 2. The van der Waals surface area contributed by atoms with Crippen molar-refractivity contribution in [3.63, 3.8) is 0 Å². The van der Waals surface area contributed by atoms with Gasteiger partial charge in [0.2, 0.25) is 35.4 Å². The van der Waals surface area contributed by atoms with E-state index in [0.717, 1.165) is 17.0 Å². The zero-order valence-electron chi connectivity index (χ0n) is 60.7. The first kappa shape index (κ1) is 88.1. The number of aliphatic imine (C=N–C) groups is 1. The van der Waals surface area contributed by atoms with E-state index in [-0.39, 0.29) is 48.0 Å². The normalized spacial score (nSPS) is 15.6. The molecule has 34 heteroatoms. The van der Waals surface area contributed by atoms with Crippen LogP contribution in [0.2, 0.25) is 0 Å². The average Bonchev–Trinajstić information content (AvgIpc) is 1.59. The van der Waals surface area contributed by atoms with Gasteiger partial charge in [0.1, 0.15) is 24.2 Å². The Morgan fingerprint density at radius 2 is 1.10 bits per heavy atom. The van der Waals surface area contributed by atoms with Gasteiger partial charge in [-0.15, -0.1) is 0 Å². The number of ether oxygens (including phenoxy) is 1. The molecule has 2 aliphatic rings. The van der Waals surface area contributed by atoms with Crippen LogP contribution in [0.1, 0.15) is 165 Å². The van der Waals surface area contributed by atoms with E-state index in [0.29, 0.717) is 54.1 Å². The Morgan fingerprint density at radius 1 is 0.574 bits per heavy atom. The molecule has 3 aromatic carbocycles. The zero-order valence-corrected chi connectivity index (χ0v) is 62.4. The molecule has 32 nitrogen and oxygen atoms in total. The molecule has 6 atom stereocenters. The van der Waals surface area contributed by atoms with E-state index < -0.39 is 209 Å². The van der Waals surface area contributed by atoms with Crippen molar-refractivity contribution in [3.05, 3.63) is 131 Å². The van der Waals surface area contributed by atoms with Crippen molar-refractivity contribution in [1.82, 2.24) is 31.9 Å². The fourth-order valence-electron chi connectivity index (χ4n) is 12.1. The summed E-state index contributed by atoms with van der Waals surface area (Å²) >= 11 is 0. The molecule has 0 saturated carbocycles. The number of aliphatic carboxylic acids is 5. The van der Waals surface area contributed by atoms with Gasteiger partial charge in [-0.05, 0) is 124 Å². The van der Waals surface area contributed by atoms with E-state index >= 15 is 0 Å². The summed E-state index contributed by atoms with van der Waals surface area (Å²) in [5.74, 6) is -16.5. The predicted molar refractivity (Wildman–Crippen MR) is 393 cm³/mol. The summed E-state index contributed by atoms with van der Waals surface area (Å²) in [6, 6.07) is 6.55. The number of hydrogen-bond donors (Lipinski definition) is 13. The Hall–Kier alpha value is -10.6. The maximum atomic E-state index is 14.3. The van der Waals surface area contributed by atoms with Crippen LogP contribution in [-0.4, -0.2) is 186 Å². The molecule has 0 spiro atoms. The minimum atomic E-state index is -4.60. The van der Waals surface area contributed by atoms with Crippen LogP contribution in [-0.2, 0) is 100 Å². The van der Waals surface area contributed by atoms with Crippen molar-refractivity contribution in [3.8, 4) is 0 Å². The van der Waals surface area contributed by atoms with Gasteiger partial charge in [-0.25, -0.2) is 8.42 Å². The summed E-state index contributed by atoms with van der Waals surface area (Å²) in [6.07, 6.45) is 5.17. The molecule has 3 aromatic rings. The smallest absolute Gasteiger partial charge is 0.303 e. The van der Waals surface area contributed by atoms with Crippen LogP contribution in [0.3, 0.4) is 0 Å². The first-order valence-electron chi connectivity index (χ1n) is 34.9. The zero-order chi connectivity index (χ0) is 80.2. The molecular weight excluding hydrogens is 1450 g/mol. The first-order chi connectivity index (χ1) is 50.8. The molecule has 2 heterocycles. The number of carboxylic acids is 5. The lowest BCUT2D eigenvalue weighted by Crippen LogP contribution is -2.57. The second kappa shape index (κ2) is 41.5. The number of Topliss-reactive ketones (excluding diaryl/α,β-unsaturated/α-hetero) is 2. The highest BCUT2D eigenvalue weighted by Gasteiger charge is 2.41. The minimum Gasteiger partial charge on any atom is -0.481 e. The number of hydrogen-bond acceptors (Lipinski definition) is 20. The standard InChI is InChI=1S/C74H94N8O24S2/c1-7-106-39-37-75-69(97)57(40-45-19-21-46(22-20-45)44(2)83)81-72(100)56(30-36-67(94)95)80-71(99)55(29-35-66(92)93)79-68(96)47(23-32-63(86)87)41-59(84)53(27-33-64(88)89)78-70(98)54(28-34-65(90)91)77-62(85)18-14-11-15-38-82-58-31-25-49(108(103,104)105)43-51(58)74(5,6)61(82)17-13-10-8-9-12-16-60-73(3,4)50-42-48(107(101)102)24-26-52(50)76-60/h8-10,12-13,16-17,19-22,24-26,31,42-43,47,53-57,107H,7,11,14-15,18,23,27-30,32-41H2,1-6H3,(H,75,97)(H,77,85)(H,78,98)(H,79,96)(H,80,99)(H,81,100)(H,86,87)(H,88,89)(H,90,91)(H,92,93)(H,94,95)(H,103,104,105)/b9-8+,13-10+,16-12+,61-17+/t47-,53+,54+,55+,56+,57-/m0/s1. The van der Waals surface area contributed by atoms with Crippen LogP contribution >= 0.6 is 0 Å². The minimum absolute atomic E-state index is 0.00451. The van der Waals surface area contributed by atoms with Crippen molar-refractivity contribution in [2.24, 2.45) is 10.9 Å². The van der Waals surface area contributed by atoms with E-state index in [4.69, 9.17) is 9.73 Å². The Morgan fingerprint density at radius 3 is 1.66 bits per heavy atom. The van der Waals surface area contributed by atoms with Crippen LogP contribution in [0.4, 0.5) is 11.4 Å². The molecular formula is C74H94N8O24S2. The van der Waals surface area contributed by atoms with Crippen LogP contribution < -0.4 is 36.8 Å². The van der Waals surface area contributed by atoms with Crippen molar-refractivity contribution in [2.45, 2.75) is 195 Å². The summed E-state index contributed by atoms with van der Waals surface area (Å²) in [5, 5.41) is 62.9. The largest absolute Gasteiger partial charge is 0.481 e. The second-order valence-electron chi connectivity index (χ2n) is 26.8. The van der Waals surface area contributed by atoms with Gasteiger partial charge in [0.15, 0.2) is 22.3 Å². The third-order valence-electron chi connectivity index (χ3n) is 18.1. The molecule has 6 amide bonds. The molecule has 108 heavy (non-hydrogen) atoms. The third-order valence-corrected chi connectivity index (χ3v) is 19.6. The van der Waals surface area contributed by atoms with Crippen LogP contribution in [0.25, 0.3) is 0 Å². The fourth-order valence-corrected chi connectivity index (χ4v) is 13.0. The molecule has 5 rings (SSSR count). The van der Waals surface area contributed by atoms with Gasteiger partial charge in [-0.2, -0.15) is 8.42 Å². The van der Waals surface area contributed by atoms with Crippen LogP contribution in [0, 0.1) is 5.92 Å². The number of anilines is 1. The van der Waals surface area contributed by atoms with Crippen molar-refractivity contribution >= 4 is 115 Å². The Bertz CT molecular complexity index is 4210. The fraction of sp³-hybridized carbons (Fsp3) is 0.459. The summed E-state index contributed by atoms with van der Waals surface area (Å²) in [5.41, 5.74) is 3.60. The highest BCUT2D eigenvalue weighted by Crippen LogP contribution is 2.49. The van der Waals surface area contributed by atoms with Crippen LogP contribution in [0.5, 0.6) is 0 Å². The summed E-state index contributed by atoms with van der Waals surface area (Å²) in [4.78, 5) is 176. The van der Waals surface area contributed by atoms with Gasteiger partial charge >= 0.3 is 29.8 Å². The molecule has 0 aliphatic carbocycles. The van der Waals surface area contributed by atoms with Gasteiger partial charge in [0, 0.05) is 105 Å². The number of amides is 6. The number of carbonyl (C=O) groups excluding carboxylic acids is 8. The lowest BCUT2D eigenvalue weighted by atomic mass is 9.81. The van der Waals surface area contributed by atoms with Gasteiger partial charge in [-0.1, -0.05) is 88.8 Å².